The van der Waals surface area contributed by atoms with E-state index in [-0.39, 0.29) is 42.8 Å². The highest BCUT2D eigenvalue weighted by atomic mass is 35.5. The van der Waals surface area contributed by atoms with Gasteiger partial charge < -0.3 is 23.8 Å². The van der Waals surface area contributed by atoms with E-state index < -0.39 is 11.9 Å². The largest absolute Gasteiger partial charge is 0.463 e. The molecule has 0 bridgehead atoms. The van der Waals surface area contributed by atoms with Crippen molar-refractivity contribution in [3.05, 3.63) is 70.9 Å². The predicted octanol–water partition coefficient (Wildman–Crippen LogP) is 4.80. The summed E-state index contributed by atoms with van der Waals surface area (Å²) in [6, 6.07) is 15.3. The first-order valence-corrected chi connectivity index (χ1v) is 11.9. The number of nitrogens with zero attached hydrogens (tertiary/aromatic N) is 3. The number of hydrogen-bond donors (Lipinski definition) is 0. The van der Waals surface area contributed by atoms with E-state index in [0.717, 1.165) is 11.3 Å². The van der Waals surface area contributed by atoms with Crippen LogP contribution in [0.5, 0.6) is 5.88 Å². The number of halogens is 1. The van der Waals surface area contributed by atoms with E-state index >= 15 is 0 Å². The standard InChI is InChI=1S/C26H26ClN3O6/c1-4-34-25(32)15-35-24-14-23(36-28-24)26(33)29-16(2)13-22(20-7-5-6-8-21(20)29)30(17(3)31)19-11-9-18(27)10-12-19/h5-12,14,16,22H,4,13,15H2,1-3H3/t16-,22?/m1/s1. The summed E-state index contributed by atoms with van der Waals surface area (Å²) < 4.78 is 15.3. The summed E-state index contributed by atoms with van der Waals surface area (Å²) in [5.41, 5.74) is 2.21. The second-order valence-corrected chi connectivity index (χ2v) is 8.76. The van der Waals surface area contributed by atoms with Crippen molar-refractivity contribution in [1.29, 1.82) is 0 Å². The summed E-state index contributed by atoms with van der Waals surface area (Å²) >= 11 is 6.06. The molecule has 2 heterocycles. The second kappa shape index (κ2) is 10.8. The number of carbonyl (C=O) groups excluding carboxylic acids is 3. The molecule has 36 heavy (non-hydrogen) atoms. The van der Waals surface area contributed by atoms with Gasteiger partial charge in [0.2, 0.25) is 11.7 Å². The van der Waals surface area contributed by atoms with Crippen molar-refractivity contribution in [3.8, 4) is 5.88 Å². The number of esters is 1. The van der Waals surface area contributed by atoms with E-state index in [1.165, 1.54) is 13.0 Å². The lowest BCUT2D eigenvalue weighted by atomic mass is 9.89. The van der Waals surface area contributed by atoms with E-state index in [9.17, 15) is 14.4 Å². The van der Waals surface area contributed by atoms with Crippen LogP contribution in [0.3, 0.4) is 0 Å². The zero-order valence-electron chi connectivity index (χ0n) is 20.1. The minimum absolute atomic E-state index is 0.00715. The molecule has 0 fully saturated rings. The van der Waals surface area contributed by atoms with Crippen LogP contribution in [0.4, 0.5) is 11.4 Å². The fourth-order valence-electron chi connectivity index (χ4n) is 4.40. The molecule has 4 rings (SSSR count). The molecule has 188 valence electrons. The predicted molar refractivity (Wildman–Crippen MR) is 133 cm³/mol. The molecular formula is C26H26ClN3O6. The maximum atomic E-state index is 13.5. The zero-order chi connectivity index (χ0) is 25.8. The number of fused-ring (bicyclic) bond motifs is 1. The Morgan fingerprint density at radius 1 is 1.17 bits per heavy atom. The number of carbonyl (C=O) groups is 3. The highest BCUT2D eigenvalue weighted by Crippen LogP contribution is 2.43. The van der Waals surface area contributed by atoms with Crippen LogP contribution in [0.2, 0.25) is 5.02 Å². The Labute approximate surface area is 213 Å². The van der Waals surface area contributed by atoms with Gasteiger partial charge in [-0.2, -0.15) is 0 Å². The van der Waals surface area contributed by atoms with Gasteiger partial charge in [0, 0.05) is 29.4 Å². The number of amides is 2. The summed E-state index contributed by atoms with van der Waals surface area (Å²) in [6.45, 7) is 5.01. The molecule has 0 saturated heterocycles. The molecule has 0 spiro atoms. The number of para-hydroxylation sites is 1. The Morgan fingerprint density at radius 3 is 2.58 bits per heavy atom. The van der Waals surface area contributed by atoms with Gasteiger partial charge >= 0.3 is 5.97 Å². The second-order valence-electron chi connectivity index (χ2n) is 8.32. The fourth-order valence-corrected chi connectivity index (χ4v) is 4.53. The molecule has 2 amide bonds. The molecule has 9 nitrogen and oxygen atoms in total. The van der Waals surface area contributed by atoms with Crippen LogP contribution in [0.15, 0.2) is 59.1 Å². The molecule has 1 aromatic heterocycles. The van der Waals surface area contributed by atoms with Gasteiger partial charge in [-0.3, -0.25) is 9.59 Å². The number of ether oxygens (including phenoxy) is 2. The van der Waals surface area contributed by atoms with Crippen LogP contribution in [0.25, 0.3) is 0 Å². The maximum Gasteiger partial charge on any atom is 0.344 e. The third-order valence-corrected chi connectivity index (χ3v) is 6.13. The van der Waals surface area contributed by atoms with Crippen molar-refractivity contribution in [2.24, 2.45) is 0 Å². The van der Waals surface area contributed by atoms with E-state index in [4.69, 9.17) is 25.6 Å². The third kappa shape index (κ3) is 5.21. The van der Waals surface area contributed by atoms with Crippen LogP contribution in [0, 0.1) is 0 Å². The highest BCUT2D eigenvalue weighted by molar-refractivity contribution is 6.30. The van der Waals surface area contributed by atoms with Crippen LogP contribution in [-0.4, -0.2) is 42.2 Å². The average Bonchev–Trinajstić information content (AvgIpc) is 3.33. The lowest BCUT2D eigenvalue weighted by molar-refractivity contribution is -0.145. The number of benzene rings is 2. The number of rotatable bonds is 7. The Bertz CT molecular complexity index is 1260. The van der Waals surface area contributed by atoms with Crippen molar-refractivity contribution in [3.63, 3.8) is 0 Å². The van der Waals surface area contributed by atoms with Crippen LogP contribution < -0.4 is 14.5 Å². The smallest absolute Gasteiger partial charge is 0.344 e. The van der Waals surface area contributed by atoms with Crippen LogP contribution >= 0.6 is 11.6 Å². The van der Waals surface area contributed by atoms with Crippen molar-refractivity contribution in [2.75, 3.05) is 23.0 Å². The molecule has 0 radical (unpaired) electrons. The van der Waals surface area contributed by atoms with Crippen molar-refractivity contribution < 1.29 is 28.4 Å². The minimum Gasteiger partial charge on any atom is -0.463 e. The number of hydrogen-bond acceptors (Lipinski definition) is 7. The molecule has 3 aromatic rings. The van der Waals surface area contributed by atoms with Gasteiger partial charge in [0.05, 0.1) is 18.7 Å². The van der Waals surface area contributed by atoms with Crippen molar-refractivity contribution >= 4 is 40.8 Å². The maximum absolute atomic E-state index is 13.5. The summed E-state index contributed by atoms with van der Waals surface area (Å²) in [5, 5.41) is 4.32. The summed E-state index contributed by atoms with van der Waals surface area (Å²) in [5.74, 6) is -1.10. The Hall–Kier alpha value is -3.85. The Morgan fingerprint density at radius 2 is 1.89 bits per heavy atom. The summed E-state index contributed by atoms with van der Waals surface area (Å²) in [7, 11) is 0. The number of anilines is 2. The van der Waals surface area contributed by atoms with Gasteiger partial charge in [0.15, 0.2) is 6.61 Å². The van der Waals surface area contributed by atoms with Gasteiger partial charge in [-0.15, -0.1) is 0 Å². The first kappa shape index (κ1) is 25.2. The van der Waals surface area contributed by atoms with Gasteiger partial charge in [0.1, 0.15) is 0 Å². The topological polar surface area (TPSA) is 102 Å². The molecule has 2 atom stereocenters. The average molecular weight is 512 g/mol. The normalized spacial score (nSPS) is 16.7. The fraction of sp³-hybridized carbons (Fsp3) is 0.308. The van der Waals surface area contributed by atoms with E-state index in [1.54, 1.807) is 41.0 Å². The Kier molecular flexibility index (Phi) is 7.59. The van der Waals surface area contributed by atoms with E-state index in [0.29, 0.717) is 17.1 Å². The molecule has 10 heteroatoms. The molecule has 1 aliphatic rings. The van der Waals surface area contributed by atoms with Gasteiger partial charge in [-0.1, -0.05) is 29.8 Å². The van der Waals surface area contributed by atoms with E-state index in [1.807, 2.05) is 31.2 Å². The SMILES string of the molecule is CCOC(=O)COc1cc(C(=O)N2c3ccccc3C(N(C(C)=O)c3ccc(Cl)cc3)C[C@H]2C)on1. The first-order chi connectivity index (χ1) is 17.3. The Balaban J connectivity index is 1.62. The van der Waals surface area contributed by atoms with E-state index in [2.05, 4.69) is 5.16 Å². The van der Waals surface area contributed by atoms with Crippen LogP contribution in [-0.2, 0) is 14.3 Å². The highest BCUT2D eigenvalue weighted by Gasteiger charge is 2.39. The summed E-state index contributed by atoms with van der Waals surface area (Å²) in [4.78, 5) is 41.1. The lowest BCUT2D eigenvalue weighted by Crippen LogP contribution is -2.47. The quantitative estimate of drug-likeness (QED) is 0.420. The monoisotopic (exact) mass is 511 g/mol. The van der Waals surface area contributed by atoms with Crippen molar-refractivity contribution in [1.82, 2.24) is 5.16 Å². The van der Waals surface area contributed by atoms with Crippen molar-refractivity contribution in [2.45, 2.75) is 39.3 Å². The number of aromatic nitrogens is 1. The summed E-state index contributed by atoms with van der Waals surface area (Å²) in [6.07, 6.45) is 0.491. The molecule has 0 N–H and O–H groups in total. The molecular weight excluding hydrogens is 486 g/mol. The molecule has 2 aromatic carbocycles. The lowest BCUT2D eigenvalue weighted by Gasteiger charge is -2.43. The molecule has 1 aliphatic heterocycles. The van der Waals surface area contributed by atoms with Crippen LogP contribution in [0.1, 0.15) is 49.4 Å². The zero-order valence-corrected chi connectivity index (χ0v) is 20.9. The van der Waals surface area contributed by atoms with Gasteiger partial charge in [-0.25, -0.2) is 4.79 Å². The minimum atomic E-state index is -0.547. The first-order valence-electron chi connectivity index (χ1n) is 11.5. The molecule has 0 saturated carbocycles. The molecule has 1 unspecified atom stereocenters. The molecule has 0 aliphatic carbocycles. The van der Waals surface area contributed by atoms with Gasteiger partial charge in [0.25, 0.3) is 11.8 Å². The van der Waals surface area contributed by atoms with Gasteiger partial charge in [-0.05, 0) is 61.3 Å². The third-order valence-electron chi connectivity index (χ3n) is 5.88.